The van der Waals surface area contributed by atoms with Crippen molar-refractivity contribution in [1.82, 2.24) is 28.9 Å². The summed E-state index contributed by atoms with van der Waals surface area (Å²) in [6, 6.07) is 0. The van der Waals surface area contributed by atoms with E-state index >= 15 is 0 Å². The number of hydrogen-bond acceptors (Lipinski definition) is 5. The molecule has 10 heteroatoms. The van der Waals surface area contributed by atoms with Crippen LogP contribution in [0.2, 0.25) is 0 Å². The van der Waals surface area contributed by atoms with Crippen molar-refractivity contribution in [3.8, 4) is 0 Å². The molecule has 0 atom stereocenters. The molecule has 0 aromatic carbocycles. The molecule has 2 aromatic rings. The molecule has 1 aliphatic rings. The summed E-state index contributed by atoms with van der Waals surface area (Å²) in [5.41, 5.74) is 0. The molecule has 0 spiro atoms. The summed E-state index contributed by atoms with van der Waals surface area (Å²) in [5, 5.41) is 11.7. The van der Waals surface area contributed by atoms with Gasteiger partial charge in [-0.15, -0.1) is 21.8 Å². The van der Waals surface area contributed by atoms with E-state index in [1.54, 1.807) is 6.33 Å². The first-order chi connectivity index (χ1) is 9.61. The lowest BCUT2D eigenvalue weighted by atomic mass is 10.4. The van der Waals surface area contributed by atoms with Crippen LogP contribution in [0.25, 0.3) is 0 Å². The van der Waals surface area contributed by atoms with E-state index in [2.05, 4.69) is 15.3 Å². The first-order valence-electron chi connectivity index (χ1n) is 6.06. The van der Waals surface area contributed by atoms with Gasteiger partial charge in [-0.2, -0.15) is 9.40 Å². The number of sulfonamides is 1. The molecule has 2 aromatic heterocycles. The van der Waals surface area contributed by atoms with Gasteiger partial charge in [0, 0.05) is 25.2 Å². The van der Waals surface area contributed by atoms with Crippen LogP contribution in [0.3, 0.4) is 0 Å². The Balaban J connectivity index is 1.85. The van der Waals surface area contributed by atoms with Crippen LogP contribution < -0.4 is 0 Å². The largest absolute Gasteiger partial charge is 0.315 e. The molecular formula is C10H13ClN6O2S. The number of alkyl halides is 1. The lowest BCUT2D eigenvalue weighted by Gasteiger charge is -2.25. The number of halogens is 1. The van der Waals surface area contributed by atoms with E-state index in [0.29, 0.717) is 31.3 Å². The van der Waals surface area contributed by atoms with E-state index in [-0.39, 0.29) is 11.4 Å². The van der Waals surface area contributed by atoms with Crippen molar-refractivity contribution in [1.29, 1.82) is 0 Å². The second-order valence-electron chi connectivity index (χ2n) is 4.41. The maximum atomic E-state index is 12.5. The average molecular weight is 317 g/mol. The zero-order valence-corrected chi connectivity index (χ0v) is 12.1. The Labute approximate surface area is 121 Å². The molecule has 8 nitrogen and oxygen atoms in total. The van der Waals surface area contributed by atoms with Crippen molar-refractivity contribution >= 4 is 21.6 Å². The smallest absolute Gasteiger partial charge is 0.246 e. The number of aromatic nitrogens is 5. The highest BCUT2D eigenvalue weighted by Gasteiger charge is 2.30. The third-order valence-corrected chi connectivity index (χ3v) is 5.13. The third-order valence-electron chi connectivity index (χ3n) is 3.16. The van der Waals surface area contributed by atoms with Gasteiger partial charge < -0.3 is 4.57 Å². The Morgan fingerprint density at radius 3 is 3.00 bits per heavy atom. The molecule has 0 radical (unpaired) electrons. The van der Waals surface area contributed by atoms with Crippen LogP contribution in [0.4, 0.5) is 0 Å². The van der Waals surface area contributed by atoms with Crippen molar-refractivity contribution in [2.24, 2.45) is 0 Å². The molecule has 3 heterocycles. The molecule has 1 aliphatic heterocycles. The van der Waals surface area contributed by atoms with Gasteiger partial charge >= 0.3 is 0 Å². The molecule has 108 valence electrons. The molecular weight excluding hydrogens is 304 g/mol. The van der Waals surface area contributed by atoms with Crippen LogP contribution in [0.1, 0.15) is 5.82 Å². The van der Waals surface area contributed by atoms with E-state index in [1.165, 1.54) is 21.4 Å². The number of rotatable bonds is 4. The minimum Gasteiger partial charge on any atom is -0.315 e. The molecule has 0 saturated heterocycles. The van der Waals surface area contributed by atoms with Crippen LogP contribution in [0.5, 0.6) is 0 Å². The van der Waals surface area contributed by atoms with Crippen LogP contribution in [-0.4, -0.2) is 49.7 Å². The lowest BCUT2D eigenvalue weighted by molar-refractivity contribution is 0.335. The van der Waals surface area contributed by atoms with Crippen molar-refractivity contribution < 1.29 is 8.42 Å². The quantitative estimate of drug-likeness (QED) is 0.736. The van der Waals surface area contributed by atoms with Crippen LogP contribution in [-0.2, 0) is 29.7 Å². The summed E-state index contributed by atoms with van der Waals surface area (Å²) < 4.78 is 29.8. The number of hydrogen-bond donors (Lipinski definition) is 0. The molecule has 0 amide bonds. The monoisotopic (exact) mass is 316 g/mol. The first kappa shape index (κ1) is 13.5. The van der Waals surface area contributed by atoms with Gasteiger partial charge in [-0.05, 0) is 0 Å². The van der Waals surface area contributed by atoms with Gasteiger partial charge in [-0.1, -0.05) is 0 Å². The molecule has 0 bridgehead atoms. The van der Waals surface area contributed by atoms with Crippen LogP contribution in [0, 0.1) is 0 Å². The maximum Gasteiger partial charge on any atom is 0.246 e. The predicted molar refractivity (Wildman–Crippen MR) is 70.6 cm³/mol. The first-order valence-corrected chi connectivity index (χ1v) is 8.04. The zero-order valence-electron chi connectivity index (χ0n) is 10.6. The highest BCUT2D eigenvalue weighted by Crippen LogP contribution is 2.20. The topological polar surface area (TPSA) is 85.9 Å². The minimum atomic E-state index is -3.55. The van der Waals surface area contributed by atoms with Crippen LogP contribution >= 0.6 is 11.6 Å². The second-order valence-corrected chi connectivity index (χ2v) is 6.72. The zero-order chi connectivity index (χ0) is 14.2. The van der Waals surface area contributed by atoms with E-state index in [9.17, 15) is 8.42 Å². The maximum absolute atomic E-state index is 12.5. The Morgan fingerprint density at radius 1 is 1.35 bits per heavy atom. The highest BCUT2D eigenvalue weighted by molar-refractivity contribution is 7.89. The van der Waals surface area contributed by atoms with Crippen molar-refractivity contribution in [3.63, 3.8) is 0 Å². The fourth-order valence-electron chi connectivity index (χ4n) is 2.09. The summed E-state index contributed by atoms with van der Waals surface area (Å²) in [7, 11) is -3.55. The molecule has 20 heavy (non-hydrogen) atoms. The number of nitrogens with zero attached hydrogens (tertiary/aromatic N) is 6. The van der Waals surface area contributed by atoms with Gasteiger partial charge in [0.15, 0.2) is 0 Å². The van der Waals surface area contributed by atoms with Gasteiger partial charge in [-0.25, -0.2) is 8.42 Å². The van der Waals surface area contributed by atoms with E-state index in [0.717, 1.165) is 0 Å². The lowest BCUT2D eigenvalue weighted by Crippen LogP contribution is -2.38. The van der Waals surface area contributed by atoms with Crippen LogP contribution in [0.15, 0.2) is 23.6 Å². The van der Waals surface area contributed by atoms with Gasteiger partial charge in [0.1, 0.15) is 17.0 Å². The fraction of sp³-hybridized carbons (Fsp3) is 0.500. The molecule has 0 saturated carbocycles. The molecule has 0 N–H and O–H groups in total. The Morgan fingerprint density at radius 2 is 2.20 bits per heavy atom. The summed E-state index contributed by atoms with van der Waals surface area (Å²) >= 11 is 5.61. The fourth-order valence-corrected chi connectivity index (χ4v) is 3.60. The Kier molecular flexibility index (Phi) is 3.48. The molecule has 3 rings (SSSR count). The summed E-state index contributed by atoms with van der Waals surface area (Å²) in [4.78, 5) is 0.176. The Hall–Kier alpha value is -1.45. The van der Waals surface area contributed by atoms with Crippen molar-refractivity contribution in [2.75, 3.05) is 12.4 Å². The summed E-state index contributed by atoms with van der Waals surface area (Å²) in [6.07, 6.45) is 4.45. The normalized spacial score (nSPS) is 16.2. The third kappa shape index (κ3) is 2.32. The van der Waals surface area contributed by atoms with Crippen molar-refractivity contribution in [3.05, 3.63) is 24.5 Å². The number of fused-ring (bicyclic) bond motifs is 1. The summed E-state index contributed by atoms with van der Waals surface area (Å²) in [6.45, 7) is 1.65. The summed E-state index contributed by atoms with van der Waals surface area (Å²) in [5.74, 6) is 1.03. The highest BCUT2D eigenvalue weighted by atomic mass is 35.5. The standard InChI is InChI=1S/C10H13ClN6O2S/c11-1-2-16-6-9(5-13-16)20(18,19)17-4-3-15-8-12-14-10(15)7-17/h5-6,8H,1-4,7H2. The average Bonchev–Trinajstić information content (AvgIpc) is 3.06. The number of aryl methyl sites for hydroxylation is 1. The second kappa shape index (κ2) is 5.15. The molecule has 0 fully saturated rings. The van der Waals surface area contributed by atoms with Gasteiger partial charge in [0.2, 0.25) is 10.0 Å². The van der Waals surface area contributed by atoms with E-state index < -0.39 is 10.0 Å². The van der Waals surface area contributed by atoms with E-state index in [1.807, 2.05) is 4.57 Å². The minimum absolute atomic E-state index is 0.176. The van der Waals surface area contributed by atoms with Gasteiger partial charge in [-0.3, -0.25) is 4.68 Å². The predicted octanol–water partition coefficient (Wildman–Crippen LogP) is -0.0821. The Bertz CT molecular complexity index is 709. The van der Waals surface area contributed by atoms with Gasteiger partial charge in [0.25, 0.3) is 0 Å². The SMILES string of the molecule is O=S(=O)(c1cnn(CCCl)c1)N1CCn2cnnc2C1. The van der Waals surface area contributed by atoms with E-state index in [4.69, 9.17) is 11.6 Å². The van der Waals surface area contributed by atoms with Gasteiger partial charge in [0.05, 0.1) is 19.3 Å². The molecule has 0 aliphatic carbocycles. The van der Waals surface area contributed by atoms with Crippen molar-refractivity contribution in [2.45, 2.75) is 24.5 Å². The molecule has 0 unspecified atom stereocenters.